The first-order chi connectivity index (χ1) is 11.9. The van der Waals surface area contributed by atoms with Crippen LogP contribution in [0.3, 0.4) is 0 Å². The van der Waals surface area contributed by atoms with Crippen molar-refractivity contribution in [3.63, 3.8) is 0 Å². The molecule has 4 nitrogen and oxygen atoms in total. The molecule has 1 fully saturated rings. The van der Waals surface area contributed by atoms with Gasteiger partial charge in [0, 0.05) is 31.2 Å². The highest BCUT2D eigenvalue weighted by Crippen LogP contribution is 2.23. The monoisotopic (exact) mass is 362 g/mol. The number of rotatable bonds is 6. The van der Waals surface area contributed by atoms with Gasteiger partial charge in [-0.1, -0.05) is 29.8 Å². The van der Waals surface area contributed by atoms with Gasteiger partial charge in [0.2, 0.25) is 0 Å². The van der Waals surface area contributed by atoms with Gasteiger partial charge in [-0.3, -0.25) is 9.69 Å². The van der Waals surface area contributed by atoms with Gasteiger partial charge in [0.25, 0.3) is 0 Å². The number of nitrogens with zero attached hydrogens (tertiary/aromatic N) is 1. The van der Waals surface area contributed by atoms with E-state index in [-0.39, 0.29) is 11.7 Å². The van der Waals surface area contributed by atoms with Crippen LogP contribution in [0.1, 0.15) is 16.7 Å². The number of nitrogens with one attached hydrogen (secondary N) is 1. The van der Waals surface area contributed by atoms with Crippen LogP contribution in [0.25, 0.3) is 0 Å². The molecule has 0 aliphatic carbocycles. The Morgan fingerprint density at radius 2 is 2.00 bits per heavy atom. The SMILES string of the molecule is Cc1cc(CNc2cc(CN3CC(C(=O)O)C3)ccc2F)ccc1Cl. The summed E-state index contributed by atoms with van der Waals surface area (Å²) < 4.78 is 14.0. The number of aliphatic carboxylic acids is 1. The Labute approximate surface area is 151 Å². The molecule has 1 saturated heterocycles. The molecule has 3 rings (SSSR count). The van der Waals surface area contributed by atoms with Crippen molar-refractivity contribution in [1.29, 1.82) is 0 Å². The summed E-state index contributed by atoms with van der Waals surface area (Å²) in [5.41, 5.74) is 3.42. The standard InChI is InChI=1S/C19H20ClFN2O2/c1-12-6-13(2-4-16(12)20)8-22-18-7-14(3-5-17(18)21)9-23-10-15(11-23)19(24)25/h2-7,15,22H,8-11H2,1H3,(H,24,25). The van der Waals surface area contributed by atoms with E-state index in [4.69, 9.17) is 16.7 Å². The van der Waals surface area contributed by atoms with Crippen molar-refractivity contribution in [1.82, 2.24) is 4.90 Å². The van der Waals surface area contributed by atoms with Crippen molar-refractivity contribution >= 4 is 23.3 Å². The van der Waals surface area contributed by atoms with Crippen molar-refractivity contribution < 1.29 is 14.3 Å². The lowest BCUT2D eigenvalue weighted by atomic mass is 9.99. The largest absolute Gasteiger partial charge is 0.481 e. The van der Waals surface area contributed by atoms with E-state index in [1.807, 2.05) is 30.0 Å². The lowest BCUT2D eigenvalue weighted by Crippen LogP contribution is -2.49. The van der Waals surface area contributed by atoms with Crippen LogP contribution in [-0.4, -0.2) is 29.1 Å². The first-order valence-electron chi connectivity index (χ1n) is 8.15. The van der Waals surface area contributed by atoms with E-state index in [1.165, 1.54) is 6.07 Å². The van der Waals surface area contributed by atoms with Gasteiger partial charge in [0.1, 0.15) is 5.82 Å². The molecular weight excluding hydrogens is 343 g/mol. The Kier molecular flexibility index (Phi) is 5.25. The van der Waals surface area contributed by atoms with Crippen LogP contribution in [0.5, 0.6) is 0 Å². The summed E-state index contributed by atoms with van der Waals surface area (Å²) in [6.45, 7) is 4.14. The number of hydrogen-bond acceptors (Lipinski definition) is 3. The Bertz CT molecular complexity index is 791. The summed E-state index contributed by atoms with van der Waals surface area (Å²) in [4.78, 5) is 12.9. The van der Waals surface area contributed by atoms with Crippen LogP contribution in [0.2, 0.25) is 5.02 Å². The Morgan fingerprint density at radius 1 is 1.28 bits per heavy atom. The second-order valence-corrected chi connectivity index (χ2v) is 6.89. The summed E-state index contributed by atoms with van der Waals surface area (Å²) in [5.74, 6) is -1.34. The fraction of sp³-hybridized carbons (Fsp3) is 0.316. The predicted octanol–water partition coefficient (Wildman–Crippen LogP) is 3.92. The minimum Gasteiger partial charge on any atom is -0.481 e. The normalized spacial score (nSPS) is 15.0. The fourth-order valence-electron chi connectivity index (χ4n) is 2.93. The molecule has 0 atom stereocenters. The van der Waals surface area contributed by atoms with E-state index in [2.05, 4.69) is 5.32 Å². The Morgan fingerprint density at radius 3 is 2.68 bits per heavy atom. The zero-order valence-electron chi connectivity index (χ0n) is 13.9. The summed E-state index contributed by atoms with van der Waals surface area (Å²) in [5, 5.41) is 12.8. The first kappa shape index (κ1) is 17.7. The predicted molar refractivity (Wildman–Crippen MR) is 96.3 cm³/mol. The maximum absolute atomic E-state index is 14.0. The van der Waals surface area contributed by atoms with Crippen LogP contribution in [-0.2, 0) is 17.9 Å². The van der Waals surface area contributed by atoms with Crippen LogP contribution in [0, 0.1) is 18.7 Å². The number of hydrogen-bond donors (Lipinski definition) is 2. The minimum atomic E-state index is -0.754. The third kappa shape index (κ3) is 4.30. The molecule has 1 heterocycles. The third-order valence-electron chi connectivity index (χ3n) is 4.45. The smallest absolute Gasteiger partial charge is 0.309 e. The molecular formula is C19H20ClFN2O2. The van der Waals surface area contributed by atoms with Gasteiger partial charge in [-0.2, -0.15) is 0 Å². The molecule has 0 spiro atoms. The molecule has 0 radical (unpaired) electrons. The van der Waals surface area contributed by atoms with Crippen LogP contribution >= 0.6 is 11.6 Å². The van der Waals surface area contributed by atoms with Gasteiger partial charge in [-0.25, -0.2) is 4.39 Å². The molecule has 2 N–H and O–H groups in total. The lowest BCUT2D eigenvalue weighted by molar-refractivity contribution is -0.147. The molecule has 0 amide bonds. The Balaban J connectivity index is 1.61. The van der Waals surface area contributed by atoms with E-state index >= 15 is 0 Å². The van der Waals surface area contributed by atoms with Gasteiger partial charge >= 0.3 is 5.97 Å². The van der Waals surface area contributed by atoms with Crippen LogP contribution < -0.4 is 5.32 Å². The number of likely N-dealkylation sites (tertiary alicyclic amines) is 1. The zero-order valence-corrected chi connectivity index (χ0v) is 14.7. The molecule has 25 heavy (non-hydrogen) atoms. The number of carboxylic acid groups (broad SMARTS) is 1. The van der Waals surface area contributed by atoms with Gasteiger partial charge in [0.05, 0.1) is 11.6 Å². The van der Waals surface area contributed by atoms with Crippen LogP contribution in [0.15, 0.2) is 36.4 Å². The topological polar surface area (TPSA) is 52.6 Å². The molecule has 0 aromatic heterocycles. The van der Waals surface area contributed by atoms with E-state index in [0.717, 1.165) is 16.7 Å². The molecule has 132 valence electrons. The van der Waals surface area contributed by atoms with Crippen molar-refractivity contribution in [3.05, 3.63) is 63.9 Å². The number of benzene rings is 2. The fourth-order valence-corrected chi connectivity index (χ4v) is 3.05. The molecule has 0 unspecified atom stereocenters. The second-order valence-electron chi connectivity index (χ2n) is 6.48. The van der Waals surface area contributed by atoms with Crippen molar-refractivity contribution in [3.8, 4) is 0 Å². The van der Waals surface area contributed by atoms with Gasteiger partial charge in [-0.15, -0.1) is 0 Å². The maximum atomic E-state index is 14.0. The lowest BCUT2D eigenvalue weighted by Gasteiger charge is -2.36. The average molecular weight is 363 g/mol. The summed E-state index contributed by atoms with van der Waals surface area (Å²) >= 11 is 6.02. The molecule has 2 aromatic carbocycles. The average Bonchev–Trinajstić information content (AvgIpc) is 2.53. The number of anilines is 1. The molecule has 1 aliphatic heterocycles. The van der Waals surface area contributed by atoms with E-state index in [0.29, 0.717) is 36.9 Å². The molecule has 1 aliphatic rings. The number of carbonyl (C=O) groups is 1. The number of carboxylic acids is 1. The van der Waals surface area contributed by atoms with Crippen LogP contribution in [0.4, 0.5) is 10.1 Å². The number of halogens is 2. The highest BCUT2D eigenvalue weighted by molar-refractivity contribution is 6.31. The Hall–Kier alpha value is -2.11. The minimum absolute atomic E-state index is 0.286. The third-order valence-corrected chi connectivity index (χ3v) is 4.87. The number of aryl methyl sites for hydroxylation is 1. The van der Waals surface area contributed by atoms with Gasteiger partial charge in [-0.05, 0) is 41.8 Å². The zero-order chi connectivity index (χ0) is 18.0. The maximum Gasteiger partial charge on any atom is 0.309 e. The van der Waals surface area contributed by atoms with Gasteiger partial charge < -0.3 is 10.4 Å². The molecule has 6 heteroatoms. The molecule has 2 aromatic rings. The van der Waals surface area contributed by atoms with Gasteiger partial charge in [0.15, 0.2) is 0 Å². The molecule has 0 saturated carbocycles. The first-order valence-corrected chi connectivity index (χ1v) is 8.52. The summed E-state index contributed by atoms with van der Waals surface area (Å²) in [7, 11) is 0. The van der Waals surface area contributed by atoms with E-state index in [1.54, 1.807) is 12.1 Å². The highest BCUT2D eigenvalue weighted by atomic mass is 35.5. The van der Waals surface area contributed by atoms with E-state index in [9.17, 15) is 9.18 Å². The van der Waals surface area contributed by atoms with Crippen molar-refractivity contribution in [2.75, 3.05) is 18.4 Å². The summed E-state index contributed by atoms with van der Waals surface area (Å²) in [6.07, 6.45) is 0. The van der Waals surface area contributed by atoms with Crippen molar-refractivity contribution in [2.45, 2.75) is 20.0 Å². The van der Waals surface area contributed by atoms with Crippen molar-refractivity contribution in [2.24, 2.45) is 5.92 Å². The quantitative estimate of drug-likeness (QED) is 0.818. The summed E-state index contributed by atoms with van der Waals surface area (Å²) in [6, 6.07) is 10.7. The molecule has 0 bridgehead atoms. The van der Waals surface area contributed by atoms with E-state index < -0.39 is 5.97 Å². The second kappa shape index (κ2) is 7.42. The highest BCUT2D eigenvalue weighted by Gasteiger charge is 2.32.